The number of ether oxygens (including phenoxy) is 1. The summed E-state index contributed by atoms with van der Waals surface area (Å²) in [7, 11) is 1.60. The summed E-state index contributed by atoms with van der Waals surface area (Å²) in [4.78, 5) is 12.9. The fourth-order valence-electron chi connectivity index (χ4n) is 2.02. The number of amides is 1. The Kier molecular flexibility index (Phi) is 3.58. The summed E-state index contributed by atoms with van der Waals surface area (Å²) in [6.45, 7) is 0. The minimum atomic E-state index is -0.313. The maximum absolute atomic E-state index is 12.2. The Morgan fingerprint density at radius 3 is 2.76 bits per heavy atom. The zero-order valence-electron chi connectivity index (χ0n) is 11.3. The van der Waals surface area contributed by atoms with Crippen molar-refractivity contribution in [2.45, 2.75) is 4.90 Å². The largest absolute Gasteiger partial charge is 0.497 e. The van der Waals surface area contributed by atoms with Crippen molar-refractivity contribution in [3.63, 3.8) is 0 Å². The van der Waals surface area contributed by atoms with Gasteiger partial charge < -0.3 is 14.5 Å². The van der Waals surface area contributed by atoms with Crippen molar-refractivity contribution in [2.75, 3.05) is 12.4 Å². The zero-order valence-corrected chi connectivity index (χ0v) is 12.2. The van der Waals surface area contributed by atoms with E-state index in [1.807, 2.05) is 24.3 Å². The number of hydrogen-bond acceptors (Lipinski definition) is 4. The molecule has 4 nitrogen and oxygen atoms in total. The number of para-hydroxylation sites is 1. The molecule has 5 heteroatoms. The van der Waals surface area contributed by atoms with Gasteiger partial charge in [-0.1, -0.05) is 12.1 Å². The van der Waals surface area contributed by atoms with Crippen LogP contribution in [0, 0.1) is 0 Å². The predicted octanol–water partition coefficient (Wildman–Crippen LogP) is 3.98. The highest BCUT2D eigenvalue weighted by Gasteiger charge is 2.13. The number of methoxy groups -OCH3 is 1. The van der Waals surface area contributed by atoms with E-state index >= 15 is 0 Å². The lowest BCUT2D eigenvalue weighted by atomic mass is 10.2. The van der Waals surface area contributed by atoms with Crippen LogP contribution < -0.4 is 10.1 Å². The summed E-state index contributed by atoms with van der Waals surface area (Å²) in [6.07, 6.45) is 0. The van der Waals surface area contributed by atoms with E-state index < -0.39 is 0 Å². The highest BCUT2D eigenvalue weighted by molar-refractivity contribution is 7.80. The lowest BCUT2D eigenvalue weighted by molar-refractivity contribution is 0.0998. The molecule has 1 aromatic heterocycles. The van der Waals surface area contributed by atoms with Crippen molar-refractivity contribution in [1.82, 2.24) is 0 Å². The number of rotatable bonds is 3. The van der Waals surface area contributed by atoms with Gasteiger partial charge in [-0.05, 0) is 36.4 Å². The van der Waals surface area contributed by atoms with Crippen molar-refractivity contribution in [3.8, 4) is 5.75 Å². The number of hydrogen-bond donors (Lipinski definition) is 2. The fraction of sp³-hybridized carbons (Fsp3) is 0.0625. The Bertz CT molecular complexity index is 810. The molecule has 3 aromatic rings. The summed E-state index contributed by atoms with van der Waals surface area (Å²) in [5.41, 5.74) is 1.28. The number of fused-ring (bicyclic) bond motifs is 1. The van der Waals surface area contributed by atoms with E-state index in [1.165, 1.54) is 0 Å². The smallest absolute Gasteiger partial charge is 0.291 e. The first kappa shape index (κ1) is 13.6. The van der Waals surface area contributed by atoms with Crippen LogP contribution in [0.5, 0.6) is 5.75 Å². The maximum atomic E-state index is 12.2. The van der Waals surface area contributed by atoms with E-state index in [2.05, 4.69) is 17.9 Å². The van der Waals surface area contributed by atoms with Gasteiger partial charge in [0, 0.05) is 10.3 Å². The number of thiol groups is 1. The van der Waals surface area contributed by atoms with Crippen LogP contribution in [0.3, 0.4) is 0 Å². The molecule has 0 saturated carbocycles. The van der Waals surface area contributed by atoms with Crippen LogP contribution in [0.15, 0.2) is 57.8 Å². The third-order valence-corrected chi connectivity index (χ3v) is 3.49. The first-order valence-electron chi connectivity index (χ1n) is 6.34. The molecule has 0 aliphatic rings. The van der Waals surface area contributed by atoms with Crippen molar-refractivity contribution >= 4 is 35.2 Å². The monoisotopic (exact) mass is 299 g/mol. The maximum Gasteiger partial charge on any atom is 0.291 e. The van der Waals surface area contributed by atoms with Crippen LogP contribution in [0.25, 0.3) is 11.0 Å². The molecular formula is C16H13NO3S. The second-order valence-electron chi connectivity index (χ2n) is 4.49. The fourth-order valence-corrected chi connectivity index (χ4v) is 2.24. The van der Waals surface area contributed by atoms with Crippen LogP contribution in [-0.2, 0) is 0 Å². The molecule has 1 heterocycles. The number of nitrogens with one attached hydrogen (secondary N) is 1. The van der Waals surface area contributed by atoms with Gasteiger partial charge in [-0.25, -0.2) is 0 Å². The lowest BCUT2D eigenvalue weighted by Gasteiger charge is -2.05. The summed E-state index contributed by atoms with van der Waals surface area (Å²) in [5, 5.41) is 3.59. The quantitative estimate of drug-likeness (QED) is 0.719. The van der Waals surface area contributed by atoms with Crippen molar-refractivity contribution in [2.24, 2.45) is 0 Å². The second-order valence-corrected chi connectivity index (χ2v) is 4.97. The molecule has 106 valence electrons. The molecule has 0 aliphatic heterocycles. The molecule has 3 rings (SSSR count). The molecular weight excluding hydrogens is 286 g/mol. The van der Waals surface area contributed by atoms with Gasteiger partial charge in [0.15, 0.2) is 5.76 Å². The minimum Gasteiger partial charge on any atom is -0.497 e. The molecule has 0 bridgehead atoms. The van der Waals surface area contributed by atoms with Gasteiger partial charge in [0.25, 0.3) is 5.91 Å². The highest BCUT2D eigenvalue weighted by atomic mass is 32.1. The van der Waals surface area contributed by atoms with Crippen molar-refractivity contribution < 1.29 is 13.9 Å². The molecule has 0 unspecified atom stereocenters. The topological polar surface area (TPSA) is 51.5 Å². The molecule has 0 saturated heterocycles. The SMILES string of the molecule is COc1ccc2oc(C(=O)Nc3ccccc3S)cc2c1. The number of furan rings is 1. The second kappa shape index (κ2) is 5.54. The third kappa shape index (κ3) is 2.73. The van der Waals surface area contributed by atoms with Gasteiger partial charge in [-0.2, -0.15) is 0 Å². The van der Waals surface area contributed by atoms with Crippen LogP contribution in [0.2, 0.25) is 0 Å². The predicted molar refractivity (Wildman–Crippen MR) is 84.4 cm³/mol. The van der Waals surface area contributed by atoms with E-state index in [0.29, 0.717) is 16.2 Å². The minimum absolute atomic E-state index is 0.245. The van der Waals surface area contributed by atoms with Gasteiger partial charge in [0.2, 0.25) is 0 Å². The van der Waals surface area contributed by atoms with Gasteiger partial charge in [0.05, 0.1) is 12.8 Å². The summed E-state index contributed by atoms with van der Waals surface area (Å²) in [5.74, 6) is 0.650. The first-order chi connectivity index (χ1) is 10.2. The number of carbonyl (C=O) groups is 1. The Morgan fingerprint density at radius 2 is 2.00 bits per heavy atom. The molecule has 21 heavy (non-hydrogen) atoms. The lowest BCUT2D eigenvalue weighted by Crippen LogP contribution is -2.11. The Morgan fingerprint density at radius 1 is 1.19 bits per heavy atom. The van der Waals surface area contributed by atoms with Crippen LogP contribution in [0.1, 0.15) is 10.6 Å². The summed E-state index contributed by atoms with van der Waals surface area (Å²) in [6, 6.07) is 14.4. The number of benzene rings is 2. The average Bonchev–Trinajstić information content (AvgIpc) is 2.92. The van der Waals surface area contributed by atoms with Crippen molar-refractivity contribution in [3.05, 3.63) is 54.3 Å². The molecule has 0 fully saturated rings. The Hall–Kier alpha value is -2.40. The van der Waals surface area contributed by atoms with Gasteiger partial charge >= 0.3 is 0 Å². The molecule has 0 spiro atoms. The Balaban J connectivity index is 1.89. The van der Waals surface area contributed by atoms with E-state index in [4.69, 9.17) is 9.15 Å². The van der Waals surface area contributed by atoms with Crippen LogP contribution in [0.4, 0.5) is 5.69 Å². The molecule has 0 aliphatic carbocycles. The van der Waals surface area contributed by atoms with Crippen LogP contribution >= 0.6 is 12.6 Å². The standard InChI is InChI=1S/C16H13NO3S/c1-19-11-6-7-13-10(8-11)9-14(20-13)16(18)17-12-4-2-3-5-15(12)21/h2-9,21H,1H3,(H,17,18). The van der Waals surface area contributed by atoms with E-state index in [-0.39, 0.29) is 11.7 Å². The van der Waals surface area contributed by atoms with E-state index in [0.717, 1.165) is 11.1 Å². The van der Waals surface area contributed by atoms with E-state index in [1.54, 1.807) is 31.4 Å². The summed E-state index contributed by atoms with van der Waals surface area (Å²) < 4.78 is 10.7. The normalized spacial score (nSPS) is 10.6. The van der Waals surface area contributed by atoms with Crippen LogP contribution in [-0.4, -0.2) is 13.0 Å². The summed E-state index contributed by atoms with van der Waals surface area (Å²) >= 11 is 4.30. The molecule has 0 atom stereocenters. The molecule has 0 radical (unpaired) electrons. The zero-order chi connectivity index (χ0) is 14.8. The Labute approximate surface area is 127 Å². The molecule has 2 aromatic carbocycles. The molecule has 1 N–H and O–H groups in total. The third-order valence-electron chi connectivity index (χ3n) is 3.10. The van der Waals surface area contributed by atoms with Gasteiger partial charge in [-0.3, -0.25) is 4.79 Å². The van der Waals surface area contributed by atoms with E-state index in [9.17, 15) is 4.79 Å². The number of anilines is 1. The first-order valence-corrected chi connectivity index (χ1v) is 6.79. The van der Waals surface area contributed by atoms with Crippen molar-refractivity contribution in [1.29, 1.82) is 0 Å². The highest BCUT2D eigenvalue weighted by Crippen LogP contribution is 2.25. The van der Waals surface area contributed by atoms with Gasteiger partial charge in [-0.15, -0.1) is 12.6 Å². The average molecular weight is 299 g/mol. The van der Waals surface area contributed by atoms with Gasteiger partial charge in [0.1, 0.15) is 11.3 Å². The molecule has 1 amide bonds. The number of carbonyl (C=O) groups excluding carboxylic acids is 1.